The highest BCUT2D eigenvalue weighted by Crippen LogP contribution is 2.16. The van der Waals surface area contributed by atoms with Gasteiger partial charge in [0.1, 0.15) is 12.4 Å². The standard InChI is InChI=1S/C18H20N2O2/c1-3-13-22-17-11-9-15(10-12-17)19-18(21)14-20(2)16-7-5-4-6-8-16/h3-12H,1,13-14H2,2H3,(H,19,21). The Morgan fingerprint density at radius 2 is 1.86 bits per heavy atom. The quantitative estimate of drug-likeness (QED) is 0.797. The summed E-state index contributed by atoms with van der Waals surface area (Å²) in [6, 6.07) is 17.1. The van der Waals surface area contributed by atoms with Crippen molar-refractivity contribution < 1.29 is 9.53 Å². The van der Waals surface area contributed by atoms with Crippen LogP contribution in [0.2, 0.25) is 0 Å². The third-order valence-electron chi connectivity index (χ3n) is 3.08. The first kappa shape index (κ1) is 15.6. The van der Waals surface area contributed by atoms with Crippen LogP contribution in [0, 0.1) is 0 Å². The van der Waals surface area contributed by atoms with Crippen LogP contribution in [0.15, 0.2) is 67.3 Å². The smallest absolute Gasteiger partial charge is 0.243 e. The summed E-state index contributed by atoms with van der Waals surface area (Å²) in [4.78, 5) is 14.0. The van der Waals surface area contributed by atoms with Gasteiger partial charge in [-0.1, -0.05) is 30.9 Å². The van der Waals surface area contributed by atoms with E-state index in [4.69, 9.17) is 4.74 Å². The molecule has 0 saturated heterocycles. The summed E-state index contributed by atoms with van der Waals surface area (Å²) in [6.07, 6.45) is 1.69. The van der Waals surface area contributed by atoms with E-state index < -0.39 is 0 Å². The molecule has 0 aromatic heterocycles. The van der Waals surface area contributed by atoms with Crippen molar-refractivity contribution in [1.82, 2.24) is 0 Å². The van der Waals surface area contributed by atoms with Gasteiger partial charge in [0.2, 0.25) is 5.91 Å². The van der Waals surface area contributed by atoms with Gasteiger partial charge in [-0.3, -0.25) is 4.79 Å². The van der Waals surface area contributed by atoms with Gasteiger partial charge >= 0.3 is 0 Å². The molecule has 1 N–H and O–H groups in total. The van der Waals surface area contributed by atoms with Crippen LogP contribution in [0.25, 0.3) is 0 Å². The van der Waals surface area contributed by atoms with Crippen LogP contribution >= 0.6 is 0 Å². The Bertz CT molecular complexity index is 609. The number of amides is 1. The highest BCUT2D eigenvalue weighted by molar-refractivity contribution is 5.94. The van der Waals surface area contributed by atoms with Gasteiger partial charge in [0.25, 0.3) is 0 Å². The Morgan fingerprint density at radius 1 is 1.18 bits per heavy atom. The predicted molar refractivity (Wildman–Crippen MR) is 90.5 cm³/mol. The molecule has 0 heterocycles. The molecular weight excluding hydrogens is 276 g/mol. The van der Waals surface area contributed by atoms with Crippen LogP contribution in [0.5, 0.6) is 5.75 Å². The van der Waals surface area contributed by atoms with Crippen LogP contribution in [-0.2, 0) is 4.79 Å². The number of hydrogen-bond donors (Lipinski definition) is 1. The van der Waals surface area contributed by atoms with Crippen molar-refractivity contribution in [3.63, 3.8) is 0 Å². The molecule has 0 aliphatic heterocycles. The van der Waals surface area contributed by atoms with Crippen molar-refractivity contribution in [1.29, 1.82) is 0 Å². The van der Waals surface area contributed by atoms with E-state index in [0.717, 1.165) is 17.1 Å². The SMILES string of the molecule is C=CCOc1ccc(NC(=O)CN(C)c2ccccc2)cc1. The van der Waals surface area contributed by atoms with Gasteiger partial charge < -0.3 is 15.0 Å². The van der Waals surface area contributed by atoms with Gasteiger partial charge in [-0.25, -0.2) is 0 Å². The number of hydrogen-bond acceptors (Lipinski definition) is 3. The molecule has 0 radical (unpaired) electrons. The third kappa shape index (κ3) is 4.66. The van der Waals surface area contributed by atoms with Crippen molar-refractivity contribution in [2.24, 2.45) is 0 Å². The fraction of sp³-hybridized carbons (Fsp3) is 0.167. The molecule has 0 fully saturated rings. The lowest BCUT2D eigenvalue weighted by atomic mass is 10.3. The van der Waals surface area contributed by atoms with E-state index >= 15 is 0 Å². The molecule has 2 rings (SSSR count). The highest BCUT2D eigenvalue weighted by atomic mass is 16.5. The van der Waals surface area contributed by atoms with Crippen molar-refractivity contribution in [3.8, 4) is 5.75 Å². The lowest BCUT2D eigenvalue weighted by molar-refractivity contribution is -0.114. The van der Waals surface area contributed by atoms with Crippen LogP contribution in [0.4, 0.5) is 11.4 Å². The van der Waals surface area contributed by atoms with Crippen molar-refractivity contribution in [2.45, 2.75) is 0 Å². The number of likely N-dealkylation sites (N-methyl/N-ethyl adjacent to an activating group) is 1. The van der Waals surface area contributed by atoms with Crippen LogP contribution in [-0.4, -0.2) is 26.1 Å². The first-order valence-corrected chi connectivity index (χ1v) is 7.09. The summed E-state index contributed by atoms with van der Waals surface area (Å²) < 4.78 is 5.40. The minimum absolute atomic E-state index is 0.0638. The Labute approximate surface area is 131 Å². The second-order valence-electron chi connectivity index (χ2n) is 4.86. The topological polar surface area (TPSA) is 41.6 Å². The van der Waals surface area contributed by atoms with Gasteiger partial charge in [-0.2, -0.15) is 0 Å². The van der Waals surface area contributed by atoms with E-state index in [9.17, 15) is 4.79 Å². The van der Waals surface area contributed by atoms with Crippen molar-refractivity contribution in [3.05, 3.63) is 67.3 Å². The number of ether oxygens (including phenoxy) is 1. The Hall–Kier alpha value is -2.75. The Balaban J connectivity index is 1.87. The first-order chi connectivity index (χ1) is 10.7. The third-order valence-corrected chi connectivity index (χ3v) is 3.08. The number of benzene rings is 2. The van der Waals surface area contributed by atoms with E-state index in [1.165, 1.54) is 0 Å². The molecule has 0 aliphatic rings. The van der Waals surface area contributed by atoms with E-state index in [1.54, 1.807) is 6.08 Å². The maximum atomic E-state index is 12.1. The van der Waals surface area contributed by atoms with Crippen LogP contribution in [0.1, 0.15) is 0 Å². The average molecular weight is 296 g/mol. The number of carbonyl (C=O) groups is 1. The molecule has 0 atom stereocenters. The lowest BCUT2D eigenvalue weighted by Crippen LogP contribution is -2.29. The fourth-order valence-electron chi connectivity index (χ4n) is 1.98. The van der Waals surface area contributed by atoms with Crippen molar-refractivity contribution >= 4 is 17.3 Å². The maximum Gasteiger partial charge on any atom is 0.243 e. The molecule has 4 heteroatoms. The van der Waals surface area contributed by atoms with Gasteiger partial charge in [0.05, 0.1) is 6.54 Å². The maximum absolute atomic E-state index is 12.1. The summed E-state index contributed by atoms with van der Waals surface area (Å²) in [7, 11) is 1.89. The fourth-order valence-corrected chi connectivity index (χ4v) is 1.98. The minimum Gasteiger partial charge on any atom is -0.490 e. The van der Waals surface area contributed by atoms with Crippen LogP contribution < -0.4 is 15.0 Å². The summed E-state index contributed by atoms with van der Waals surface area (Å²) in [6.45, 7) is 4.35. The summed E-state index contributed by atoms with van der Waals surface area (Å²) >= 11 is 0. The second-order valence-corrected chi connectivity index (χ2v) is 4.86. The molecule has 0 bridgehead atoms. The van der Waals surface area contributed by atoms with E-state index in [-0.39, 0.29) is 5.91 Å². The molecular formula is C18H20N2O2. The highest BCUT2D eigenvalue weighted by Gasteiger charge is 2.07. The molecule has 0 spiro atoms. The zero-order valence-electron chi connectivity index (χ0n) is 12.7. The van der Waals surface area contributed by atoms with Crippen LogP contribution in [0.3, 0.4) is 0 Å². The zero-order valence-corrected chi connectivity index (χ0v) is 12.7. The number of rotatable bonds is 7. The number of carbonyl (C=O) groups excluding carboxylic acids is 1. The molecule has 22 heavy (non-hydrogen) atoms. The molecule has 4 nitrogen and oxygen atoms in total. The van der Waals surface area contributed by atoms with Crippen molar-refractivity contribution in [2.75, 3.05) is 30.4 Å². The number of anilines is 2. The average Bonchev–Trinajstić information content (AvgIpc) is 2.55. The largest absolute Gasteiger partial charge is 0.490 e. The molecule has 2 aromatic carbocycles. The molecule has 114 valence electrons. The zero-order chi connectivity index (χ0) is 15.8. The minimum atomic E-state index is -0.0638. The van der Waals surface area contributed by atoms with E-state index in [0.29, 0.717) is 13.2 Å². The van der Waals surface area contributed by atoms with Gasteiger partial charge in [0, 0.05) is 18.4 Å². The molecule has 0 saturated carbocycles. The monoisotopic (exact) mass is 296 g/mol. The molecule has 2 aromatic rings. The Kier molecular flexibility index (Phi) is 5.60. The summed E-state index contributed by atoms with van der Waals surface area (Å²) in [5.41, 5.74) is 1.75. The molecule has 1 amide bonds. The Morgan fingerprint density at radius 3 is 2.50 bits per heavy atom. The number of nitrogens with zero attached hydrogens (tertiary/aromatic N) is 1. The number of para-hydroxylation sites is 1. The van der Waals surface area contributed by atoms with E-state index in [1.807, 2.05) is 66.5 Å². The van der Waals surface area contributed by atoms with Gasteiger partial charge in [0.15, 0.2) is 0 Å². The molecule has 0 unspecified atom stereocenters. The predicted octanol–water partition coefficient (Wildman–Crippen LogP) is 3.33. The van der Waals surface area contributed by atoms with Gasteiger partial charge in [-0.15, -0.1) is 0 Å². The van der Waals surface area contributed by atoms with E-state index in [2.05, 4.69) is 11.9 Å². The summed E-state index contributed by atoms with van der Waals surface area (Å²) in [5.74, 6) is 0.686. The normalized spacial score (nSPS) is 9.86. The molecule has 0 aliphatic carbocycles. The number of nitrogens with one attached hydrogen (secondary N) is 1. The first-order valence-electron chi connectivity index (χ1n) is 7.09. The van der Waals surface area contributed by atoms with Gasteiger partial charge in [-0.05, 0) is 36.4 Å². The summed E-state index contributed by atoms with van der Waals surface area (Å²) in [5, 5.41) is 2.87. The lowest BCUT2D eigenvalue weighted by Gasteiger charge is -2.18. The second kappa shape index (κ2) is 7.88.